The predicted molar refractivity (Wildman–Crippen MR) is 81.4 cm³/mol. The molecule has 1 heterocycles. The smallest absolute Gasteiger partial charge is 0.0751 e. The maximum Gasteiger partial charge on any atom is 0.0751 e. The van der Waals surface area contributed by atoms with Crippen LogP contribution in [0.15, 0.2) is 60.8 Å². The van der Waals surface area contributed by atoms with Gasteiger partial charge in [-0.2, -0.15) is 0 Å². The summed E-state index contributed by atoms with van der Waals surface area (Å²) < 4.78 is 0. The number of nitrogens with zero attached hydrogens (tertiary/aromatic N) is 1. The third-order valence-electron chi connectivity index (χ3n) is 3.37. The lowest BCUT2D eigenvalue weighted by Gasteiger charge is -2.11. The van der Waals surface area contributed by atoms with Crippen molar-refractivity contribution in [3.05, 3.63) is 71.9 Å². The zero-order valence-electron chi connectivity index (χ0n) is 11.1. The van der Waals surface area contributed by atoms with E-state index in [9.17, 15) is 5.11 Å². The van der Waals surface area contributed by atoms with E-state index >= 15 is 0 Å². The number of nitrogens with one attached hydrogen (secondary N) is 1. The van der Waals surface area contributed by atoms with Crippen molar-refractivity contribution in [2.45, 2.75) is 13.2 Å². The van der Waals surface area contributed by atoms with Crippen LogP contribution in [-0.4, -0.2) is 10.1 Å². The molecule has 0 amide bonds. The van der Waals surface area contributed by atoms with E-state index in [0.717, 1.165) is 27.7 Å². The average molecular weight is 264 g/mol. The zero-order chi connectivity index (χ0) is 13.8. The number of aliphatic hydroxyl groups is 1. The molecule has 0 aliphatic carbocycles. The molecule has 2 aromatic carbocycles. The average Bonchev–Trinajstić information content (AvgIpc) is 2.53. The fourth-order valence-electron chi connectivity index (χ4n) is 2.33. The Morgan fingerprint density at radius 2 is 1.70 bits per heavy atom. The largest absolute Gasteiger partial charge is 0.392 e. The molecule has 0 spiro atoms. The molecule has 1 aromatic heterocycles. The van der Waals surface area contributed by atoms with E-state index in [-0.39, 0.29) is 6.61 Å². The van der Waals surface area contributed by atoms with Crippen molar-refractivity contribution in [3.63, 3.8) is 0 Å². The van der Waals surface area contributed by atoms with Crippen LogP contribution in [0.2, 0.25) is 0 Å². The number of hydrogen-bond acceptors (Lipinski definition) is 3. The normalized spacial score (nSPS) is 10.7. The molecule has 0 fully saturated rings. The summed E-state index contributed by atoms with van der Waals surface area (Å²) in [5, 5.41) is 13.8. The summed E-state index contributed by atoms with van der Waals surface area (Å²) in [6.07, 6.45) is 1.81. The Labute approximate surface area is 117 Å². The van der Waals surface area contributed by atoms with Crippen LogP contribution in [0.5, 0.6) is 0 Å². The highest BCUT2D eigenvalue weighted by Crippen LogP contribution is 2.19. The van der Waals surface area contributed by atoms with Crippen LogP contribution >= 0.6 is 0 Å². The van der Waals surface area contributed by atoms with Gasteiger partial charge in [0.2, 0.25) is 0 Å². The first-order chi connectivity index (χ1) is 9.88. The molecule has 3 rings (SSSR count). The van der Waals surface area contributed by atoms with E-state index < -0.39 is 0 Å². The van der Waals surface area contributed by atoms with Gasteiger partial charge in [0, 0.05) is 29.4 Å². The van der Waals surface area contributed by atoms with Crippen molar-refractivity contribution in [1.29, 1.82) is 0 Å². The van der Waals surface area contributed by atoms with Gasteiger partial charge in [-0.25, -0.2) is 0 Å². The summed E-state index contributed by atoms with van der Waals surface area (Å²) in [6.45, 7) is 0.725. The van der Waals surface area contributed by atoms with Gasteiger partial charge in [0.25, 0.3) is 0 Å². The number of pyridine rings is 1. The first kappa shape index (κ1) is 12.6. The molecular formula is C17H16N2O. The second kappa shape index (κ2) is 5.72. The highest BCUT2D eigenvalue weighted by Gasteiger charge is 2.03. The van der Waals surface area contributed by atoms with Crippen LogP contribution in [-0.2, 0) is 13.2 Å². The van der Waals surface area contributed by atoms with E-state index in [1.807, 2.05) is 42.6 Å². The minimum Gasteiger partial charge on any atom is -0.392 e. The number of aliphatic hydroxyl groups excluding tert-OH is 1. The van der Waals surface area contributed by atoms with Crippen LogP contribution in [0.1, 0.15) is 11.1 Å². The van der Waals surface area contributed by atoms with Gasteiger partial charge in [-0.1, -0.05) is 42.5 Å². The summed E-state index contributed by atoms with van der Waals surface area (Å²) in [5.74, 6) is 0. The van der Waals surface area contributed by atoms with Crippen LogP contribution < -0.4 is 5.32 Å². The highest BCUT2D eigenvalue weighted by atomic mass is 16.3. The Bertz CT molecular complexity index is 720. The van der Waals surface area contributed by atoms with E-state index in [2.05, 4.69) is 28.5 Å². The summed E-state index contributed by atoms with van der Waals surface area (Å²) in [6, 6.07) is 18.0. The molecule has 100 valence electrons. The molecule has 2 N–H and O–H groups in total. The number of aromatic nitrogens is 1. The van der Waals surface area contributed by atoms with Gasteiger partial charge >= 0.3 is 0 Å². The third kappa shape index (κ3) is 2.49. The van der Waals surface area contributed by atoms with Gasteiger partial charge < -0.3 is 10.4 Å². The van der Waals surface area contributed by atoms with Gasteiger partial charge in [-0.15, -0.1) is 0 Å². The molecule has 3 nitrogen and oxygen atoms in total. The topological polar surface area (TPSA) is 45.1 Å². The molecule has 0 atom stereocenters. The van der Waals surface area contributed by atoms with E-state index in [4.69, 9.17) is 0 Å². The molecule has 3 heteroatoms. The lowest BCUT2D eigenvalue weighted by atomic mass is 10.1. The van der Waals surface area contributed by atoms with Gasteiger partial charge in [-0.05, 0) is 17.7 Å². The number of rotatable bonds is 4. The molecule has 0 bridgehead atoms. The molecule has 20 heavy (non-hydrogen) atoms. The van der Waals surface area contributed by atoms with Crippen molar-refractivity contribution in [1.82, 2.24) is 4.98 Å². The Hall–Kier alpha value is -2.39. The Kier molecular flexibility index (Phi) is 3.61. The van der Waals surface area contributed by atoms with E-state index in [0.29, 0.717) is 6.54 Å². The van der Waals surface area contributed by atoms with Crippen molar-refractivity contribution in [2.24, 2.45) is 0 Å². The standard InChI is InChI=1S/C17H16N2O/c20-12-15-5-1-2-9-16(15)19-11-14-7-3-6-13-8-4-10-18-17(13)14/h1-10,19-20H,11-12H2. The maximum atomic E-state index is 9.34. The second-order valence-electron chi connectivity index (χ2n) is 4.66. The first-order valence-corrected chi connectivity index (χ1v) is 6.64. The maximum absolute atomic E-state index is 9.34. The molecule has 3 aromatic rings. The summed E-state index contributed by atoms with van der Waals surface area (Å²) >= 11 is 0. The van der Waals surface area contributed by atoms with E-state index in [1.165, 1.54) is 0 Å². The molecule has 0 saturated carbocycles. The summed E-state index contributed by atoms with van der Waals surface area (Å²) in [5.41, 5.74) is 4.03. The van der Waals surface area contributed by atoms with Crippen LogP contribution in [0.3, 0.4) is 0 Å². The molecule has 0 aliphatic rings. The third-order valence-corrected chi connectivity index (χ3v) is 3.37. The molecule has 0 radical (unpaired) electrons. The lowest BCUT2D eigenvalue weighted by molar-refractivity contribution is 0.282. The van der Waals surface area contributed by atoms with Crippen molar-refractivity contribution in [3.8, 4) is 0 Å². The van der Waals surface area contributed by atoms with Crippen LogP contribution in [0.25, 0.3) is 10.9 Å². The zero-order valence-corrected chi connectivity index (χ0v) is 11.1. The SMILES string of the molecule is OCc1ccccc1NCc1cccc2cccnc12. The number of anilines is 1. The first-order valence-electron chi connectivity index (χ1n) is 6.64. The monoisotopic (exact) mass is 264 g/mol. The van der Waals surface area contributed by atoms with Gasteiger partial charge in [0.15, 0.2) is 0 Å². The molecule has 0 unspecified atom stereocenters. The van der Waals surface area contributed by atoms with Crippen molar-refractivity contribution < 1.29 is 5.11 Å². The molecular weight excluding hydrogens is 248 g/mol. The predicted octanol–water partition coefficient (Wildman–Crippen LogP) is 3.34. The Morgan fingerprint density at radius 1 is 0.900 bits per heavy atom. The molecule has 0 saturated heterocycles. The number of benzene rings is 2. The Morgan fingerprint density at radius 3 is 2.60 bits per heavy atom. The van der Waals surface area contributed by atoms with Crippen LogP contribution in [0, 0.1) is 0 Å². The fraction of sp³-hybridized carbons (Fsp3) is 0.118. The summed E-state index contributed by atoms with van der Waals surface area (Å²) in [4.78, 5) is 4.45. The number of fused-ring (bicyclic) bond motifs is 1. The number of para-hydroxylation sites is 2. The van der Waals surface area contributed by atoms with Gasteiger partial charge in [-0.3, -0.25) is 4.98 Å². The van der Waals surface area contributed by atoms with Crippen molar-refractivity contribution >= 4 is 16.6 Å². The fourth-order valence-corrected chi connectivity index (χ4v) is 2.33. The van der Waals surface area contributed by atoms with Gasteiger partial charge in [0.05, 0.1) is 12.1 Å². The van der Waals surface area contributed by atoms with E-state index in [1.54, 1.807) is 0 Å². The lowest BCUT2D eigenvalue weighted by Crippen LogP contribution is -2.03. The summed E-state index contributed by atoms with van der Waals surface area (Å²) in [7, 11) is 0. The second-order valence-corrected chi connectivity index (χ2v) is 4.66. The molecule has 0 aliphatic heterocycles. The Balaban J connectivity index is 1.87. The van der Waals surface area contributed by atoms with Crippen LogP contribution in [0.4, 0.5) is 5.69 Å². The highest BCUT2D eigenvalue weighted by molar-refractivity contribution is 5.81. The van der Waals surface area contributed by atoms with Crippen molar-refractivity contribution in [2.75, 3.05) is 5.32 Å². The minimum absolute atomic E-state index is 0.0387. The minimum atomic E-state index is 0.0387. The number of hydrogen-bond donors (Lipinski definition) is 2. The van der Waals surface area contributed by atoms with Gasteiger partial charge in [0.1, 0.15) is 0 Å². The quantitative estimate of drug-likeness (QED) is 0.759.